The van der Waals surface area contributed by atoms with Crippen LogP contribution < -0.4 is 15.4 Å². The number of pyridine rings is 1. The molecule has 0 radical (unpaired) electrons. The summed E-state index contributed by atoms with van der Waals surface area (Å²) in [5, 5.41) is 21.7. The largest absolute Gasteiger partial charge is 0.474 e. The molecule has 72 heavy (non-hydrogen) atoms. The van der Waals surface area contributed by atoms with Crippen molar-refractivity contribution in [2.45, 2.75) is 117 Å². The number of fused-ring (bicyclic) bond motifs is 3. The maximum atomic E-state index is 14.5. The number of thiophene rings is 1. The van der Waals surface area contributed by atoms with Crippen LogP contribution in [-0.4, -0.2) is 92.1 Å². The van der Waals surface area contributed by atoms with Crippen LogP contribution in [0.5, 0.6) is 5.88 Å². The van der Waals surface area contributed by atoms with Crippen molar-refractivity contribution in [3.63, 3.8) is 0 Å². The first kappa shape index (κ1) is 48.6. The van der Waals surface area contributed by atoms with Crippen molar-refractivity contribution in [3.05, 3.63) is 141 Å². The fraction of sp³-hybridized carbons (Fsp3) is 0.389. The van der Waals surface area contributed by atoms with Gasteiger partial charge >= 0.3 is 0 Å². The number of benzene rings is 2. The molecule has 3 aliphatic rings. The van der Waals surface area contributed by atoms with Gasteiger partial charge in [0.1, 0.15) is 40.9 Å². The maximum Gasteiger partial charge on any atom is 0.248 e. The lowest BCUT2D eigenvalue weighted by Gasteiger charge is -2.35. The highest BCUT2D eigenvalue weighted by Crippen LogP contribution is 2.40. The first-order chi connectivity index (χ1) is 34.6. The van der Waals surface area contributed by atoms with Crippen molar-refractivity contribution in [2.75, 3.05) is 6.54 Å². The lowest BCUT2D eigenvalue weighted by atomic mass is 9.89. The predicted molar refractivity (Wildman–Crippen MR) is 277 cm³/mol. The molecule has 5 aromatic heterocycles. The summed E-state index contributed by atoms with van der Waals surface area (Å²) >= 11 is 7.96. The van der Waals surface area contributed by atoms with E-state index in [0.717, 1.165) is 61.4 Å². The Hall–Kier alpha value is -6.98. The summed E-state index contributed by atoms with van der Waals surface area (Å²) in [7, 11) is 0. The van der Waals surface area contributed by atoms with E-state index in [1.54, 1.807) is 39.5 Å². The summed E-state index contributed by atoms with van der Waals surface area (Å²) in [5.41, 5.74) is 7.47. The van der Waals surface area contributed by atoms with Gasteiger partial charge in [-0.3, -0.25) is 28.6 Å². The van der Waals surface area contributed by atoms with Crippen LogP contribution >= 0.6 is 22.9 Å². The molecule has 2 fully saturated rings. The molecule has 10 rings (SSSR count). The van der Waals surface area contributed by atoms with Gasteiger partial charge in [-0.1, -0.05) is 56.6 Å². The number of aromatic nitrogens is 8. The number of rotatable bonds is 14. The van der Waals surface area contributed by atoms with E-state index in [1.807, 2.05) is 117 Å². The van der Waals surface area contributed by atoms with E-state index >= 15 is 0 Å². The van der Waals surface area contributed by atoms with Gasteiger partial charge < -0.3 is 24.8 Å². The number of carbonyl (C=O) groups excluding carboxylic acids is 3. The highest BCUT2D eigenvalue weighted by Gasteiger charge is 2.42. The van der Waals surface area contributed by atoms with E-state index in [-0.39, 0.29) is 54.2 Å². The summed E-state index contributed by atoms with van der Waals surface area (Å²) in [6.45, 7) is 16.6. The van der Waals surface area contributed by atoms with E-state index < -0.39 is 18.1 Å². The molecule has 1 aliphatic carbocycles. The maximum absolute atomic E-state index is 14.5. The number of halogens is 1. The summed E-state index contributed by atoms with van der Waals surface area (Å²) < 4.78 is 12.1. The Morgan fingerprint density at radius 1 is 0.889 bits per heavy atom. The number of imidazole rings is 1. The van der Waals surface area contributed by atoms with Crippen LogP contribution in [0.4, 0.5) is 0 Å². The third kappa shape index (κ3) is 9.59. The summed E-state index contributed by atoms with van der Waals surface area (Å²) in [4.78, 5) is 59.2. The van der Waals surface area contributed by atoms with Gasteiger partial charge in [0.25, 0.3) is 0 Å². The van der Waals surface area contributed by atoms with Crippen LogP contribution in [0.25, 0.3) is 21.8 Å². The lowest BCUT2D eigenvalue weighted by molar-refractivity contribution is -0.142. The van der Waals surface area contributed by atoms with Crippen molar-refractivity contribution in [2.24, 2.45) is 16.8 Å². The Bertz CT molecular complexity index is 3180. The number of amides is 3. The van der Waals surface area contributed by atoms with Gasteiger partial charge in [0, 0.05) is 88.6 Å². The normalized spacial score (nSPS) is 20.2. The quantitative estimate of drug-likeness (QED) is 0.108. The Labute approximate surface area is 427 Å². The van der Waals surface area contributed by atoms with E-state index in [0.29, 0.717) is 42.5 Å². The van der Waals surface area contributed by atoms with Crippen LogP contribution in [0.2, 0.25) is 5.02 Å². The fourth-order valence-corrected chi connectivity index (χ4v) is 11.6. The number of ether oxygens (including phenoxy) is 1. The van der Waals surface area contributed by atoms with E-state index in [2.05, 4.69) is 51.6 Å². The molecular formula is C54H59ClN12O4S. The molecule has 5 atom stereocenters. The van der Waals surface area contributed by atoms with Gasteiger partial charge in [0.2, 0.25) is 23.6 Å². The second kappa shape index (κ2) is 19.9. The third-order valence-electron chi connectivity index (χ3n) is 14.3. The number of hydrogen-bond donors (Lipinski definition) is 2. The number of nitrogens with zero attached hydrogens (tertiary/aromatic N) is 10. The minimum absolute atomic E-state index is 0.0748. The Kier molecular flexibility index (Phi) is 13.4. The number of aryl methyl sites for hydroxylation is 3. The van der Waals surface area contributed by atoms with Gasteiger partial charge in [-0.2, -0.15) is 5.10 Å². The smallest absolute Gasteiger partial charge is 0.248 e. The van der Waals surface area contributed by atoms with Gasteiger partial charge in [-0.15, -0.1) is 21.5 Å². The Morgan fingerprint density at radius 2 is 1.65 bits per heavy atom. The highest BCUT2D eigenvalue weighted by atomic mass is 35.5. The lowest BCUT2D eigenvalue weighted by Crippen LogP contribution is -2.49. The van der Waals surface area contributed by atoms with Crippen molar-refractivity contribution >= 4 is 46.4 Å². The minimum Gasteiger partial charge on any atom is -0.474 e. The molecule has 2 aromatic carbocycles. The van der Waals surface area contributed by atoms with Crippen molar-refractivity contribution in [3.8, 4) is 27.7 Å². The number of likely N-dealkylation sites (tertiary alicyclic amines) is 1. The van der Waals surface area contributed by atoms with Crippen molar-refractivity contribution in [1.82, 2.24) is 54.6 Å². The zero-order valence-electron chi connectivity index (χ0n) is 41.7. The molecule has 1 saturated carbocycles. The molecule has 3 amide bonds. The zero-order valence-corrected chi connectivity index (χ0v) is 43.3. The van der Waals surface area contributed by atoms with Crippen LogP contribution in [0.1, 0.15) is 116 Å². The fourth-order valence-electron chi connectivity index (χ4n) is 10.2. The molecule has 0 bridgehead atoms. The number of carbonyl (C=O) groups is 3. The molecule has 2 N–H and O–H groups in total. The van der Waals surface area contributed by atoms with E-state index in [4.69, 9.17) is 26.4 Å². The summed E-state index contributed by atoms with van der Waals surface area (Å²) in [5.74, 6) is 2.34. The van der Waals surface area contributed by atoms with Gasteiger partial charge in [-0.25, -0.2) is 9.97 Å². The molecule has 18 heteroatoms. The van der Waals surface area contributed by atoms with Gasteiger partial charge in [0.15, 0.2) is 5.82 Å². The molecule has 7 heterocycles. The summed E-state index contributed by atoms with van der Waals surface area (Å²) in [6, 6.07) is 17.3. The molecule has 0 unspecified atom stereocenters. The second-order valence-electron chi connectivity index (χ2n) is 19.9. The molecular weight excluding hydrogens is 948 g/mol. The molecule has 7 aromatic rings. The third-order valence-corrected chi connectivity index (χ3v) is 15.7. The topological polar surface area (TPSA) is 179 Å². The molecule has 1 saturated heterocycles. The Balaban J connectivity index is 0.762. The SMILES string of the molecule is Cc1sc2c(c1C)C(c1ccc(Cl)cc1)=N[C@@H](CC(=O)NC1CC(Oc3cc(-c4cnn([C@@H](C(=O)N5C[C@H](C)C[C@H]5C(=O)N[C@@H](C)c5ccc(-n6ccnc6C)cc5)C(C)C)c4)ccn3)C1)c1nnc(C)n1-2. The van der Waals surface area contributed by atoms with Crippen LogP contribution in [0, 0.1) is 39.5 Å². The first-order valence-electron chi connectivity index (χ1n) is 24.6. The monoisotopic (exact) mass is 1010 g/mol. The summed E-state index contributed by atoms with van der Waals surface area (Å²) in [6.07, 6.45) is 10.8. The van der Waals surface area contributed by atoms with Crippen molar-refractivity contribution in [1.29, 1.82) is 0 Å². The highest BCUT2D eigenvalue weighted by molar-refractivity contribution is 7.15. The number of hydrogen-bond acceptors (Lipinski definition) is 11. The van der Waals surface area contributed by atoms with E-state index in [9.17, 15) is 14.4 Å². The number of aliphatic imine (C=N–C) groups is 1. The van der Waals surface area contributed by atoms with Crippen LogP contribution in [0.15, 0.2) is 96.6 Å². The first-order valence-corrected chi connectivity index (χ1v) is 25.8. The van der Waals surface area contributed by atoms with Crippen LogP contribution in [-0.2, 0) is 14.4 Å². The standard InChI is InChI=1S/C54H59ClN12O4S/c1-29(2)50(53(70)65-27-30(3)21-45(65)52(69)59-32(5)36-11-15-42(16-12-36)64-20-19-56-34(64)7)66-28-39(26-58-66)38-17-18-57-47(22-38)71-43-23-41(24-43)60-46(68)25-44-51-63-62-35(8)67(51)54-48(31(4)33(6)72-54)49(61-44)37-9-13-40(55)14-10-37/h9-20,22,26,28-30,32,41,43-45,50H,21,23-25,27H2,1-8H3,(H,59,69)(H,60,68)/t30-,32+,41?,43?,44+,45+,50-/m1/s1. The van der Waals surface area contributed by atoms with E-state index in [1.165, 1.54) is 4.88 Å². The molecule has 16 nitrogen and oxygen atoms in total. The minimum atomic E-state index is -0.625. The Morgan fingerprint density at radius 3 is 2.38 bits per heavy atom. The van der Waals surface area contributed by atoms with Crippen LogP contribution in [0.3, 0.4) is 0 Å². The number of nitrogens with one attached hydrogen (secondary N) is 2. The van der Waals surface area contributed by atoms with Gasteiger partial charge in [0.05, 0.1) is 24.4 Å². The van der Waals surface area contributed by atoms with Gasteiger partial charge in [-0.05, 0) is 99.9 Å². The predicted octanol–water partition coefficient (Wildman–Crippen LogP) is 8.98. The average Bonchev–Trinajstić information content (AvgIpc) is 4.19. The molecule has 0 spiro atoms. The molecule has 2 aliphatic heterocycles. The molecule has 372 valence electrons. The average molecular weight is 1010 g/mol. The second-order valence-corrected chi connectivity index (χ2v) is 21.5. The zero-order chi connectivity index (χ0) is 50.5. The van der Waals surface area contributed by atoms with Crippen molar-refractivity contribution < 1.29 is 19.1 Å².